The van der Waals surface area contributed by atoms with Crippen molar-refractivity contribution in [1.82, 2.24) is 20.3 Å². The van der Waals surface area contributed by atoms with E-state index in [9.17, 15) is 9.90 Å². The summed E-state index contributed by atoms with van der Waals surface area (Å²) < 4.78 is 0. The number of phenolic OH excluding ortho intramolecular Hbond substituents is 1. The highest BCUT2D eigenvalue weighted by Crippen LogP contribution is 2.39. The third kappa shape index (κ3) is 7.85. The standard InChI is InChI=1S/C26H42N6O2/c1-10-27-23-30-20(31-24(32-23)29-16(2)3)15-28-21(33)12-11-17-13-18(25(4,5)6)22(34)19(14-17)26(7,8)9/h13-14,16,34H,10-12,15H2,1-9H3,(H,28,33)(H2,27,29,30,31,32). The molecule has 1 aromatic heterocycles. The molecule has 4 N–H and O–H groups in total. The number of rotatable bonds is 9. The van der Waals surface area contributed by atoms with Gasteiger partial charge in [0.1, 0.15) is 5.75 Å². The van der Waals surface area contributed by atoms with Crippen LogP contribution in [-0.2, 0) is 28.6 Å². The first kappa shape index (κ1) is 27.3. The van der Waals surface area contributed by atoms with Crippen LogP contribution in [-0.4, -0.2) is 38.6 Å². The van der Waals surface area contributed by atoms with Crippen LogP contribution in [0.1, 0.15) is 91.2 Å². The summed E-state index contributed by atoms with van der Waals surface area (Å²) in [6, 6.07) is 4.23. The predicted octanol–water partition coefficient (Wildman–Crippen LogP) is 4.67. The Bertz CT molecular complexity index is 955. The van der Waals surface area contributed by atoms with Crippen LogP contribution < -0.4 is 16.0 Å². The minimum absolute atomic E-state index is 0.0773. The molecule has 0 atom stereocenters. The van der Waals surface area contributed by atoms with Gasteiger partial charge in [-0.25, -0.2) is 0 Å². The summed E-state index contributed by atoms with van der Waals surface area (Å²) in [5, 5.41) is 20.1. The summed E-state index contributed by atoms with van der Waals surface area (Å²) in [6.07, 6.45) is 0.915. The number of phenols is 1. The molecule has 34 heavy (non-hydrogen) atoms. The van der Waals surface area contributed by atoms with E-state index in [2.05, 4.69) is 72.4 Å². The summed E-state index contributed by atoms with van der Waals surface area (Å²) in [4.78, 5) is 25.8. The highest BCUT2D eigenvalue weighted by Gasteiger charge is 2.26. The van der Waals surface area contributed by atoms with Gasteiger partial charge >= 0.3 is 0 Å². The van der Waals surface area contributed by atoms with Crippen molar-refractivity contribution in [1.29, 1.82) is 0 Å². The van der Waals surface area contributed by atoms with Crippen LogP contribution in [0.15, 0.2) is 12.1 Å². The van der Waals surface area contributed by atoms with Crippen LogP contribution >= 0.6 is 0 Å². The van der Waals surface area contributed by atoms with Gasteiger partial charge < -0.3 is 21.1 Å². The van der Waals surface area contributed by atoms with Gasteiger partial charge in [0.05, 0.1) is 6.54 Å². The second-order valence-corrected chi connectivity index (χ2v) is 11.0. The van der Waals surface area contributed by atoms with E-state index in [-0.39, 0.29) is 29.3 Å². The molecule has 0 saturated heterocycles. The van der Waals surface area contributed by atoms with Gasteiger partial charge in [-0.05, 0) is 54.7 Å². The first-order valence-corrected chi connectivity index (χ1v) is 12.1. The number of aromatic hydroxyl groups is 1. The van der Waals surface area contributed by atoms with Gasteiger partial charge in [0.2, 0.25) is 17.8 Å². The minimum Gasteiger partial charge on any atom is -0.507 e. The average Bonchev–Trinajstić information content (AvgIpc) is 2.69. The Morgan fingerprint density at radius 2 is 1.53 bits per heavy atom. The summed E-state index contributed by atoms with van der Waals surface area (Å²) in [5.41, 5.74) is 2.45. The Balaban J connectivity index is 2.12. The Kier molecular flexibility index (Phi) is 8.86. The molecule has 0 aliphatic rings. The number of amides is 1. The Morgan fingerprint density at radius 3 is 2.03 bits per heavy atom. The Hall–Kier alpha value is -2.90. The molecule has 1 heterocycles. The molecule has 2 rings (SSSR count). The quantitative estimate of drug-likeness (QED) is 0.421. The second kappa shape index (κ2) is 11.0. The van der Waals surface area contributed by atoms with E-state index in [1.54, 1.807) is 0 Å². The van der Waals surface area contributed by atoms with Crippen molar-refractivity contribution in [2.75, 3.05) is 17.2 Å². The molecule has 0 fully saturated rings. The van der Waals surface area contributed by atoms with E-state index in [1.165, 1.54) is 0 Å². The normalized spacial score (nSPS) is 12.1. The molecule has 0 radical (unpaired) electrons. The zero-order valence-corrected chi connectivity index (χ0v) is 22.3. The largest absolute Gasteiger partial charge is 0.507 e. The maximum atomic E-state index is 12.6. The lowest BCUT2D eigenvalue weighted by molar-refractivity contribution is -0.121. The summed E-state index contributed by atoms with van der Waals surface area (Å²) in [5.74, 6) is 1.74. The first-order valence-electron chi connectivity index (χ1n) is 12.1. The van der Waals surface area contributed by atoms with E-state index < -0.39 is 0 Å². The van der Waals surface area contributed by atoms with Gasteiger partial charge in [0, 0.05) is 19.0 Å². The number of hydrogen-bond acceptors (Lipinski definition) is 7. The van der Waals surface area contributed by atoms with Gasteiger partial charge in [-0.3, -0.25) is 4.79 Å². The average molecular weight is 471 g/mol. The molecule has 8 nitrogen and oxygen atoms in total. The molecule has 2 aromatic rings. The number of aryl methyl sites for hydroxylation is 1. The Labute approximate surface area is 204 Å². The van der Waals surface area contributed by atoms with Crippen molar-refractivity contribution in [3.63, 3.8) is 0 Å². The van der Waals surface area contributed by atoms with Crippen LogP contribution in [0.5, 0.6) is 5.75 Å². The molecular weight excluding hydrogens is 428 g/mol. The lowest BCUT2D eigenvalue weighted by Crippen LogP contribution is -2.25. The van der Waals surface area contributed by atoms with Crippen molar-refractivity contribution in [2.45, 2.75) is 98.6 Å². The van der Waals surface area contributed by atoms with Crippen LogP contribution in [0.4, 0.5) is 11.9 Å². The molecule has 0 aliphatic heterocycles. The SMILES string of the molecule is CCNc1nc(CNC(=O)CCc2cc(C(C)(C)C)c(O)c(C(C)(C)C)c2)nc(NC(C)C)n1. The highest BCUT2D eigenvalue weighted by atomic mass is 16.3. The molecule has 8 heteroatoms. The molecular formula is C26H42N6O2. The monoisotopic (exact) mass is 470 g/mol. The van der Waals surface area contributed by atoms with E-state index in [0.29, 0.717) is 42.9 Å². The molecule has 0 spiro atoms. The van der Waals surface area contributed by atoms with E-state index >= 15 is 0 Å². The maximum absolute atomic E-state index is 12.6. The molecule has 0 bridgehead atoms. The first-order chi connectivity index (χ1) is 15.7. The highest BCUT2D eigenvalue weighted by molar-refractivity contribution is 5.76. The molecule has 0 unspecified atom stereocenters. The number of anilines is 2. The summed E-state index contributed by atoms with van der Waals surface area (Å²) in [6.45, 7) is 19.4. The number of carbonyl (C=O) groups excluding carboxylic acids is 1. The zero-order chi connectivity index (χ0) is 25.7. The van der Waals surface area contributed by atoms with Crippen LogP contribution in [0, 0.1) is 0 Å². The van der Waals surface area contributed by atoms with Crippen molar-refractivity contribution in [3.05, 3.63) is 34.6 Å². The predicted molar refractivity (Wildman–Crippen MR) is 138 cm³/mol. The molecule has 0 saturated carbocycles. The smallest absolute Gasteiger partial charge is 0.228 e. The number of nitrogens with one attached hydrogen (secondary N) is 3. The molecule has 188 valence electrons. The van der Waals surface area contributed by atoms with Gasteiger partial charge in [0.25, 0.3) is 0 Å². The third-order valence-electron chi connectivity index (χ3n) is 5.30. The molecule has 0 aliphatic carbocycles. The molecule has 1 amide bonds. The van der Waals surface area contributed by atoms with Crippen molar-refractivity contribution in [3.8, 4) is 5.75 Å². The van der Waals surface area contributed by atoms with Crippen LogP contribution in [0.3, 0.4) is 0 Å². The van der Waals surface area contributed by atoms with Gasteiger partial charge in [-0.15, -0.1) is 0 Å². The fourth-order valence-corrected chi connectivity index (χ4v) is 3.56. The molecule has 1 aromatic carbocycles. The fourth-order valence-electron chi connectivity index (χ4n) is 3.56. The van der Waals surface area contributed by atoms with Gasteiger partial charge in [0.15, 0.2) is 5.82 Å². The van der Waals surface area contributed by atoms with E-state index in [4.69, 9.17) is 0 Å². The third-order valence-corrected chi connectivity index (χ3v) is 5.30. The number of aromatic nitrogens is 3. The van der Waals surface area contributed by atoms with Crippen molar-refractivity contribution >= 4 is 17.8 Å². The zero-order valence-electron chi connectivity index (χ0n) is 22.3. The second-order valence-electron chi connectivity index (χ2n) is 11.0. The lowest BCUT2D eigenvalue weighted by atomic mass is 9.78. The van der Waals surface area contributed by atoms with E-state index in [0.717, 1.165) is 16.7 Å². The van der Waals surface area contributed by atoms with E-state index in [1.807, 2.05) is 32.9 Å². The number of benzene rings is 1. The number of nitrogens with zero attached hydrogens (tertiary/aromatic N) is 3. The van der Waals surface area contributed by atoms with Crippen LogP contribution in [0.2, 0.25) is 0 Å². The summed E-state index contributed by atoms with van der Waals surface area (Å²) in [7, 11) is 0. The van der Waals surface area contributed by atoms with Crippen LogP contribution in [0.25, 0.3) is 0 Å². The Morgan fingerprint density at radius 1 is 0.971 bits per heavy atom. The van der Waals surface area contributed by atoms with Gasteiger partial charge in [-0.1, -0.05) is 53.7 Å². The topological polar surface area (TPSA) is 112 Å². The van der Waals surface area contributed by atoms with Crippen molar-refractivity contribution in [2.24, 2.45) is 0 Å². The fraction of sp³-hybridized carbons (Fsp3) is 0.615. The maximum Gasteiger partial charge on any atom is 0.228 e. The minimum atomic E-state index is -0.201. The lowest BCUT2D eigenvalue weighted by Gasteiger charge is -2.28. The van der Waals surface area contributed by atoms with Crippen molar-refractivity contribution < 1.29 is 9.90 Å². The summed E-state index contributed by atoms with van der Waals surface area (Å²) >= 11 is 0. The number of hydrogen-bond donors (Lipinski definition) is 4. The van der Waals surface area contributed by atoms with Gasteiger partial charge in [-0.2, -0.15) is 15.0 Å². The number of carbonyl (C=O) groups is 1.